The Hall–Kier alpha value is -1.39. The van der Waals surface area contributed by atoms with E-state index >= 15 is 0 Å². The average molecular weight is 289 g/mol. The second-order valence-electron chi connectivity index (χ2n) is 5.83. The molecule has 0 spiro atoms. The maximum atomic E-state index is 11.7. The highest BCUT2D eigenvalue weighted by molar-refractivity contribution is 5.92. The molecule has 4 heteroatoms. The van der Waals surface area contributed by atoms with Crippen LogP contribution in [-0.4, -0.2) is 43.0 Å². The summed E-state index contributed by atoms with van der Waals surface area (Å²) in [5.41, 5.74) is 0.853. The van der Waals surface area contributed by atoms with E-state index in [9.17, 15) is 4.79 Å². The van der Waals surface area contributed by atoms with Crippen molar-refractivity contribution in [3.8, 4) is 0 Å². The number of benzene rings is 1. The van der Waals surface area contributed by atoms with Gasteiger partial charge in [-0.2, -0.15) is 0 Å². The molecule has 1 aromatic carbocycles. The van der Waals surface area contributed by atoms with Gasteiger partial charge in [0.1, 0.15) is 0 Å². The lowest BCUT2D eigenvalue weighted by atomic mass is 10.0. The molecule has 21 heavy (non-hydrogen) atoms. The van der Waals surface area contributed by atoms with Crippen LogP contribution in [0.4, 0.5) is 5.69 Å². The van der Waals surface area contributed by atoms with Crippen LogP contribution < -0.4 is 10.6 Å². The zero-order valence-electron chi connectivity index (χ0n) is 13.0. The number of likely N-dealkylation sites (tertiary alicyclic amines) is 1. The SMILES string of the molecule is CC1CCCCN1CCCNCC(=O)Nc1ccccc1. The zero-order valence-corrected chi connectivity index (χ0v) is 13.0. The van der Waals surface area contributed by atoms with Crippen LogP contribution in [0.25, 0.3) is 0 Å². The maximum absolute atomic E-state index is 11.7. The van der Waals surface area contributed by atoms with Gasteiger partial charge in [0.15, 0.2) is 0 Å². The number of para-hydroxylation sites is 1. The van der Waals surface area contributed by atoms with Gasteiger partial charge >= 0.3 is 0 Å². The van der Waals surface area contributed by atoms with Crippen LogP contribution in [0.5, 0.6) is 0 Å². The number of hydrogen-bond donors (Lipinski definition) is 2. The molecule has 1 heterocycles. The van der Waals surface area contributed by atoms with Crippen LogP contribution in [-0.2, 0) is 4.79 Å². The largest absolute Gasteiger partial charge is 0.325 e. The molecule has 1 fully saturated rings. The highest BCUT2D eigenvalue weighted by atomic mass is 16.1. The molecule has 0 radical (unpaired) electrons. The topological polar surface area (TPSA) is 44.4 Å². The minimum atomic E-state index is 0.0209. The first kappa shape index (κ1) is 16.0. The number of carbonyl (C=O) groups excluding carboxylic acids is 1. The van der Waals surface area contributed by atoms with Crippen molar-refractivity contribution < 1.29 is 4.79 Å². The molecule has 0 saturated carbocycles. The average Bonchev–Trinajstić information content (AvgIpc) is 2.50. The molecule has 1 amide bonds. The summed E-state index contributed by atoms with van der Waals surface area (Å²) in [7, 11) is 0. The molecular weight excluding hydrogens is 262 g/mol. The summed E-state index contributed by atoms with van der Waals surface area (Å²) in [6.45, 7) is 5.96. The molecule has 116 valence electrons. The summed E-state index contributed by atoms with van der Waals surface area (Å²) in [4.78, 5) is 14.3. The Morgan fingerprint density at radius 1 is 1.29 bits per heavy atom. The van der Waals surface area contributed by atoms with E-state index in [-0.39, 0.29) is 5.91 Å². The highest BCUT2D eigenvalue weighted by Crippen LogP contribution is 2.15. The Morgan fingerprint density at radius 3 is 2.86 bits per heavy atom. The molecule has 2 N–H and O–H groups in total. The Bertz CT molecular complexity index is 421. The molecule has 0 aliphatic carbocycles. The molecule has 1 aliphatic heterocycles. The lowest BCUT2D eigenvalue weighted by Gasteiger charge is -2.33. The summed E-state index contributed by atoms with van der Waals surface area (Å²) in [5.74, 6) is 0.0209. The van der Waals surface area contributed by atoms with Crippen molar-refractivity contribution in [2.24, 2.45) is 0 Å². The molecule has 1 unspecified atom stereocenters. The van der Waals surface area contributed by atoms with E-state index in [1.54, 1.807) is 0 Å². The van der Waals surface area contributed by atoms with E-state index in [2.05, 4.69) is 22.5 Å². The number of piperidine rings is 1. The van der Waals surface area contributed by atoms with Gasteiger partial charge in [0.25, 0.3) is 0 Å². The maximum Gasteiger partial charge on any atom is 0.238 e. The van der Waals surface area contributed by atoms with E-state index in [1.807, 2.05) is 30.3 Å². The first-order valence-corrected chi connectivity index (χ1v) is 8.05. The van der Waals surface area contributed by atoms with Gasteiger partial charge in [-0.3, -0.25) is 4.79 Å². The van der Waals surface area contributed by atoms with Gasteiger partial charge in [0.05, 0.1) is 6.54 Å². The van der Waals surface area contributed by atoms with Crippen molar-refractivity contribution >= 4 is 11.6 Å². The number of nitrogens with one attached hydrogen (secondary N) is 2. The fourth-order valence-electron chi connectivity index (χ4n) is 2.83. The van der Waals surface area contributed by atoms with Crippen molar-refractivity contribution in [2.75, 3.05) is 31.5 Å². The van der Waals surface area contributed by atoms with Gasteiger partial charge in [-0.15, -0.1) is 0 Å². The minimum Gasteiger partial charge on any atom is -0.325 e. The van der Waals surface area contributed by atoms with Crippen LogP contribution in [0, 0.1) is 0 Å². The second-order valence-corrected chi connectivity index (χ2v) is 5.83. The van der Waals surface area contributed by atoms with Crippen molar-refractivity contribution in [3.05, 3.63) is 30.3 Å². The fraction of sp³-hybridized carbons (Fsp3) is 0.588. The van der Waals surface area contributed by atoms with Gasteiger partial charge in [-0.25, -0.2) is 0 Å². The van der Waals surface area contributed by atoms with Gasteiger partial charge in [0.2, 0.25) is 5.91 Å². The second kappa shape index (κ2) is 8.80. The summed E-state index contributed by atoms with van der Waals surface area (Å²) in [6, 6.07) is 10.3. The van der Waals surface area contributed by atoms with Gasteiger partial charge in [-0.1, -0.05) is 24.6 Å². The number of carbonyl (C=O) groups is 1. The summed E-state index contributed by atoms with van der Waals surface area (Å²) in [5, 5.41) is 6.10. The zero-order chi connectivity index (χ0) is 14.9. The van der Waals surface area contributed by atoms with Crippen LogP contribution in [0.15, 0.2) is 30.3 Å². The predicted octanol–water partition coefficient (Wildman–Crippen LogP) is 2.48. The normalized spacial score (nSPS) is 19.4. The Kier molecular flexibility index (Phi) is 6.70. The minimum absolute atomic E-state index is 0.0209. The molecule has 0 bridgehead atoms. The van der Waals surface area contributed by atoms with Crippen LogP contribution in [0.1, 0.15) is 32.6 Å². The van der Waals surface area contributed by atoms with Crippen molar-refractivity contribution in [3.63, 3.8) is 0 Å². The van der Waals surface area contributed by atoms with Gasteiger partial charge in [0, 0.05) is 11.7 Å². The third kappa shape index (κ3) is 5.86. The standard InChI is InChI=1S/C17H27N3O/c1-15-8-5-6-12-20(15)13-7-11-18-14-17(21)19-16-9-3-2-4-10-16/h2-4,9-10,15,18H,5-8,11-14H2,1H3,(H,19,21). The lowest BCUT2D eigenvalue weighted by Crippen LogP contribution is -2.39. The number of anilines is 1. The molecule has 1 atom stereocenters. The third-order valence-corrected chi connectivity index (χ3v) is 4.08. The predicted molar refractivity (Wildman–Crippen MR) is 87.4 cm³/mol. The van der Waals surface area contributed by atoms with Crippen LogP contribution >= 0.6 is 0 Å². The van der Waals surface area contributed by atoms with E-state index in [4.69, 9.17) is 0 Å². The molecule has 1 aromatic rings. The quantitative estimate of drug-likeness (QED) is 0.758. The van der Waals surface area contributed by atoms with Crippen LogP contribution in [0.3, 0.4) is 0 Å². The first-order chi connectivity index (χ1) is 10.3. The fourth-order valence-corrected chi connectivity index (χ4v) is 2.83. The first-order valence-electron chi connectivity index (χ1n) is 8.05. The molecule has 4 nitrogen and oxygen atoms in total. The Labute approximate surface area is 127 Å². The number of nitrogens with zero attached hydrogens (tertiary/aromatic N) is 1. The van der Waals surface area contributed by atoms with Crippen molar-refractivity contribution in [1.82, 2.24) is 10.2 Å². The highest BCUT2D eigenvalue weighted by Gasteiger charge is 2.16. The third-order valence-electron chi connectivity index (χ3n) is 4.08. The van der Waals surface area contributed by atoms with E-state index in [0.29, 0.717) is 6.54 Å². The molecule has 0 aromatic heterocycles. The number of amides is 1. The van der Waals surface area contributed by atoms with E-state index in [0.717, 1.165) is 31.2 Å². The lowest BCUT2D eigenvalue weighted by molar-refractivity contribution is -0.115. The smallest absolute Gasteiger partial charge is 0.238 e. The van der Waals surface area contributed by atoms with Crippen LogP contribution in [0.2, 0.25) is 0 Å². The van der Waals surface area contributed by atoms with E-state index < -0.39 is 0 Å². The summed E-state index contributed by atoms with van der Waals surface area (Å²) < 4.78 is 0. The Balaban J connectivity index is 1.54. The van der Waals surface area contributed by atoms with Gasteiger partial charge in [-0.05, 0) is 58.0 Å². The van der Waals surface area contributed by atoms with Gasteiger partial charge < -0.3 is 15.5 Å². The molecular formula is C17H27N3O. The monoisotopic (exact) mass is 289 g/mol. The molecule has 1 aliphatic rings. The molecule has 1 saturated heterocycles. The number of hydrogen-bond acceptors (Lipinski definition) is 3. The van der Waals surface area contributed by atoms with Crippen molar-refractivity contribution in [2.45, 2.75) is 38.6 Å². The summed E-state index contributed by atoms with van der Waals surface area (Å²) >= 11 is 0. The number of rotatable bonds is 7. The Morgan fingerprint density at radius 2 is 2.10 bits per heavy atom. The molecule has 2 rings (SSSR count). The van der Waals surface area contributed by atoms with Crippen molar-refractivity contribution in [1.29, 1.82) is 0 Å². The summed E-state index contributed by atoms with van der Waals surface area (Å²) in [6.07, 6.45) is 5.13. The van der Waals surface area contributed by atoms with E-state index in [1.165, 1.54) is 25.8 Å².